The van der Waals surface area contributed by atoms with Crippen LogP contribution >= 0.6 is 0 Å². The van der Waals surface area contributed by atoms with Crippen LogP contribution in [0.15, 0.2) is 41.5 Å². The summed E-state index contributed by atoms with van der Waals surface area (Å²) in [7, 11) is 1.59. The summed E-state index contributed by atoms with van der Waals surface area (Å²) in [5, 5.41) is 6.87. The molecule has 2 amide bonds. The Bertz CT molecular complexity index is 1050. The van der Waals surface area contributed by atoms with E-state index < -0.39 is 11.9 Å². The highest BCUT2D eigenvalue weighted by molar-refractivity contribution is 5.98. The van der Waals surface area contributed by atoms with Crippen LogP contribution in [0.4, 0.5) is 5.69 Å². The Labute approximate surface area is 200 Å². The quantitative estimate of drug-likeness (QED) is 0.410. The monoisotopic (exact) mass is 468 g/mol. The van der Waals surface area contributed by atoms with E-state index in [-0.39, 0.29) is 18.6 Å². The number of fused-ring (bicyclic) bond motifs is 1. The molecule has 0 bridgehead atoms. The Morgan fingerprint density at radius 2 is 1.85 bits per heavy atom. The van der Waals surface area contributed by atoms with Crippen LogP contribution in [0, 0.1) is 5.92 Å². The lowest BCUT2D eigenvalue weighted by molar-refractivity contribution is -0.123. The van der Waals surface area contributed by atoms with Crippen molar-refractivity contribution >= 4 is 23.7 Å². The van der Waals surface area contributed by atoms with Crippen LogP contribution in [0.2, 0.25) is 0 Å². The average Bonchev–Trinajstić information content (AvgIpc) is 3.31. The van der Waals surface area contributed by atoms with Crippen molar-refractivity contribution in [1.82, 2.24) is 10.7 Å². The third-order valence-electron chi connectivity index (χ3n) is 5.59. The fraction of sp³-hybridized carbons (Fsp3) is 0.400. The number of benzene rings is 2. The third kappa shape index (κ3) is 5.78. The summed E-state index contributed by atoms with van der Waals surface area (Å²) in [6.07, 6.45) is 1.53. The molecule has 9 nitrogen and oxygen atoms in total. The van der Waals surface area contributed by atoms with Gasteiger partial charge in [-0.3, -0.25) is 9.59 Å². The first-order valence-corrected chi connectivity index (χ1v) is 11.3. The molecule has 0 spiro atoms. The topological polar surface area (TPSA) is 101 Å². The van der Waals surface area contributed by atoms with E-state index in [2.05, 4.69) is 34.6 Å². The van der Waals surface area contributed by atoms with E-state index in [4.69, 9.17) is 14.2 Å². The van der Waals surface area contributed by atoms with Gasteiger partial charge in [0, 0.05) is 36.0 Å². The number of carbonyl (C=O) groups excluding carboxylic acids is 2. The van der Waals surface area contributed by atoms with Crippen LogP contribution < -0.4 is 29.9 Å². The molecule has 1 heterocycles. The molecule has 0 radical (unpaired) electrons. The van der Waals surface area contributed by atoms with E-state index in [1.807, 2.05) is 32.0 Å². The summed E-state index contributed by atoms with van der Waals surface area (Å²) in [5.41, 5.74) is 4.68. The first-order valence-electron chi connectivity index (χ1n) is 11.3. The lowest BCUT2D eigenvalue weighted by atomic mass is 10.0. The van der Waals surface area contributed by atoms with Crippen molar-refractivity contribution in [2.24, 2.45) is 11.0 Å². The summed E-state index contributed by atoms with van der Waals surface area (Å²) in [5.74, 6) is 0.784. The van der Waals surface area contributed by atoms with Crippen LogP contribution in [0.5, 0.6) is 17.2 Å². The molecule has 1 unspecified atom stereocenters. The van der Waals surface area contributed by atoms with E-state index in [0.717, 1.165) is 24.3 Å². The number of amides is 2. The SMILES string of the molecule is CCN(CC)c1ccc(/C=N/NC(=O)C(NC(=O)c2ccc3c(c2)OCO3)C(C)C)c(OC)c1. The molecule has 2 aromatic rings. The zero-order valence-electron chi connectivity index (χ0n) is 20.3. The number of hydrazone groups is 1. The molecule has 0 aromatic heterocycles. The van der Waals surface area contributed by atoms with Crippen molar-refractivity contribution in [2.75, 3.05) is 31.9 Å². The zero-order valence-corrected chi connectivity index (χ0v) is 20.3. The number of hydrogen-bond acceptors (Lipinski definition) is 7. The number of rotatable bonds is 10. The maximum atomic E-state index is 12.8. The minimum absolute atomic E-state index is 0.123. The number of hydrogen-bond donors (Lipinski definition) is 2. The van der Waals surface area contributed by atoms with Gasteiger partial charge in [-0.05, 0) is 50.1 Å². The second-order valence-electron chi connectivity index (χ2n) is 8.10. The number of ether oxygens (including phenoxy) is 3. The third-order valence-corrected chi connectivity index (χ3v) is 5.59. The molecular weight excluding hydrogens is 436 g/mol. The molecule has 1 atom stereocenters. The van der Waals surface area contributed by atoms with E-state index in [9.17, 15) is 9.59 Å². The van der Waals surface area contributed by atoms with Gasteiger partial charge in [0.2, 0.25) is 6.79 Å². The lowest BCUT2D eigenvalue weighted by Crippen LogP contribution is -2.48. The smallest absolute Gasteiger partial charge is 0.262 e. The second kappa shape index (κ2) is 11.4. The fourth-order valence-electron chi connectivity index (χ4n) is 3.62. The van der Waals surface area contributed by atoms with Gasteiger partial charge in [0.15, 0.2) is 11.5 Å². The predicted molar refractivity (Wildman–Crippen MR) is 131 cm³/mol. The fourth-order valence-corrected chi connectivity index (χ4v) is 3.62. The van der Waals surface area contributed by atoms with E-state index in [1.165, 1.54) is 6.21 Å². The van der Waals surface area contributed by atoms with Gasteiger partial charge in [0.25, 0.3) is 11.8 Å². The molecule has 1 aliphatic rings. The number of methoxy groups -OCH3 is 1. The van der Waals surface area contributed by atoms with Crippen LogP contribution in [0.1, 0.15) is 43.6 Å². The number of anilines is 1. The molecule has 2 aromatic carbocycles. The van der Waals surface area contributed by atoms with Gasteiger partial charge in [-0.1, -0.05) is 13.8 Å². The van der Waals surface area contributed by atoms with Crippen molar-refractivity contribution in [3.05, 3.63) is 47.5 Å². The molecule has 0 fully saturated rings. The Kier molecular flexibility index (Phi) is 8.34. The van der Waals surface area contributed by atoms with Gasteiger partial charge in [0.05, 0.1) is 13.3 Å². The molecule has 1 aliphatic heterocycles. The summed E-state index contributed by atoms with van der Waals surface area (Å²) in [6.45, 7) is 9.79. The Morgan fingerprint density at radius 1 is 1.12 bits per heavy atom. The first kappa shape index (κ1) is 24.9. The van der Waals surface area contributed by atoms with Crippen LogP contribution in [-0.2, 0) is 4.79 Å². The van der Waals surface area contributed by atoms with E-state index in [1.54, 1.807) is 25.3 Å². The Morgan fingerprint density at radius 3 is 2.53 bits per heavy atom. The summed E-state index contributed by atoms with van der Waals surface area (Å²) in [4.78, 5) is 27.7. The highest BCUT2D eigenvalue weighted by atomic mass is 16.7. The molecule has 182 valence electrons. The number of carbonyl (C=O) groups is 2. The Hall–Kier alpha value is -3.75. The molecule has 0 saturated carbocycles. The van der Waals surface area contributed by atoms with E-state index in [0.29, 0.717) is 22.8 Å². The average molecular weight is 469 g/mol. The van der Waals surface area contributed by atoms with Gasteiger partial charge in [-0.25, -0.2) is 5.43 Å². The van der Waals surface area contributed by atoms with Crippen molar-refractivity contribution in [2.45, 2.75) is 33.7 Å². The molecular formula is C25H32N4O5. The summed E-state index contributed by atoms with van der Waals surface area (Å²) >= 11 is 0. The molecule has 9 heteroatoms. The predicted octanol–water partition coefficient (Wildman–Crippen LogP) is 3.17. The minimum Gasteiger partial charge on any atom is -0.496 e. The molecule has 2 N–H and O–H groups in total. The van der Waals surface area contributed by atoms with Gasteiger partial charge in [0.1, 0.15) is 11.8 Å². The van der Waals surface area contributed by atoms with Gasteiger partial charge in [-0.2, -0.15) is 5.10 Å². The maximum Gasteiger partial charge on any atom is 0.262 e. The van der Waals surface area contributed by atoms with Gasteiger partial charge in [-0.15, -0.1) is 0 Å². The van der Waals surface area contributed by atoms with Gasteiger partial charge < -0.3 is 24.4 Å². The van der Waals surface area contributed by atoms with Crippen molar-refractivity contribution in [3.63, 3.8) is 0 Å². The van der Waals surface area contributed by atoms with E-state index >= 15 is 0 Å². The molecule has 34 heavy (non-hydrogen) atoms. The van der Waals surface area contributed by atoms with Crippen LogP contribution in [-0.4, -0.2) is 51.1 Å². The van der Waals surface area contributed by atoms with Crippen LogP contribution in [0.3, 0.4) is 0 Å². The highest BCUT2D eigenvalue weighted by Crippen LogP contribution is 2.32. The highest BCUT2D eigenvalue weighted by Gasteiger charge is 2.25. The first-order chi connectivity index (χ1) is 16.4. The Balaban J connectivity index is 1.66. The minimum atomic E-state index is -0.776. The van der Waals surface area contributed by atoms with Crippen LogP contribution in [0.25, 0.3) is 0 Å². The van der Waals surface area contributed by atoms with Crippen molar-refractivity contribution in [1.29, 1.82) is 0 Å². The lowest BCUT2D eigenvalue weighted by Gasteiger charge is -2.22. The zero-order chi connectivity index (χ0) is 24.7. The van der Waals surface area contributed by atoms with Gasteiger partial charge >= 0.3 is 0 Å². The summed E-state index contributed by atoms with van der Waals surface area (Å²) in [6, 6.07) is 9.94. The molecule has 0 aliphatic carbocycles. The van der Waals surface area contributed by atoms with Crippen molar-refractivity contribution in [3.8, 4) is 17.2 Å². The largest absolute Gasteiger partial charge is 0.496 e. The maximum absolute atomic E-state index is 12.8. The standard InChI is InChI=1S/C25H32N4O5/c1-6-29(7-2)19-10-8-18(21(13-19)32-5)14-26-28-25(31)23(16(3)4)27-24(30)17-9-11-20-22(12-17)34-15-33-20/h8-14,16,23H,6-7,15H2,1-5H3,(H,27,30)(H,28,31)/b26-14+. The normalized spacial score (nSPS) is 13.1. The number of nitrogens with zero attached hydrogens (tertiary/aromatic N) is 2. The molecule has 0 saturated heterocycles. The summed E-state index contributed by atoms with van der Waals surface area (Å²) < 4.78 is 16.1. The second-order valence-corrected chi connectivity index (χ2v) is 8.10. The molecule has 3 rings (SSSR count). The number of nitrogens with one attached hydrogen (secondary N) is 2. The van der Waals surface area contributed by atoms with Crippen molar-refractivity contribution < 1.29 is 23.8 Å².